The summed E-state index contributed by atoms with van der Waals surface area (Å²) in [4.78, 5) is 49.1. The molecule has 12 heteroatoms. The highest BCUT2D eigenvalue weighted by Crippen LogP contribution is 2.35. The number of hydrogen-bond donors (Lipinski definition) is 2. The van der Waals surface area contributed by atoms with Crippen LogP contribution in [0.15, 0.2) is 42.6 Å². The minimum Gasteiger partial charge on any atom is -0.497 e. The van der Waals surface area contributed by atoms with Crippen molar-refractivity contribution >= 4 is 23.8 Å². The van der Waals surface area contributed by atoms with Gasteiger partial charge in [0.1, 0.15) is 22.9 Å². The van der Waals surface area contributed by atoms with Gasteiger partial charge in [-0.2, -0.15) is 0 Å². The number of imidazole rings is 1. The molecule has 1 fully saturated rings. The molecule has 0 bridgehead atoms. The van der Waals surface area contributed by atoms with Crippen LogP contribution >= 0.6 is 0 Å². The molecule has 2 aromatic heterocycles. The molecule has 0 unspecified atom stereocenters. The Morgan fingerprint density at radius 2 is 1.88 bits per heavy atom. The van der Waals surface area contributed by atoms with Crippen molar-refractivity contribution in [3.8, 4) is 17.0 Å². The summed E-state index contributed by atoms with van der Waals surface area (Å²) in [5, 5.41) is 2.73. The summed E-state index contributed by atoms with van der Waals surface area (Å²) >= 11 is 0. The lowest BCUT2D eigenvalue weighted by atomic mass is 10.1. The van der Waals surface area contributed by atoms with E-state index in [1.807, 2.05) is 0 Å². The van der Waals surface area contributed by atoms with Crippen molar-refractivity contribution < 1.29 is 28.6 Å². The maximum absolute atomic E-state index is 13.0. The summed E-state index contributed by atoms with van der Waals surface area (Å²) in [6, 6.07) is 9.36. The van der Waals surface area contributed by atoms with Crippen LogP contribution in [-0.2, 0) is 9.47 Å². The summed E-state index contributed by atoms with van der Waals surface area (Å²) in [7, 11) is 1.53. The summed E-state index contributed by atoms with van der Waals surface area (Å²) in [5.74, 6) is 6.65. The summed E-state index contributed by atoms with van der Waals surface area (Å²) in [5.41, 5.74) is 0.580. The van der Waals surface area contributed by atoms with E-state index in [0.29, 0.717) is 41.5 Å². The average Bonchev–Trinajstić information content (AvgIpc) is 3.52. The van der Waals surface area contributed by atoms with Gasteiger partial charge in [-0.15, -0.1) is 0 Å². The second-order valence-electron chi connectivity index (χ2n) is 10.2. The summed E-state index contributed by atoms with van der Waals surface area (Å²) in [6.45, 7) is 7.71. The quantitative estimate of drug-likeness (QED) is 0.326. The van der Waals surface area contributed by atoms with Crippen LogP contribution in [0.5, 0.6) is 5.75 Å². The molecule has 212 valence electrons. The number of nitrogen functional groups attached to an aromatic ring is 1. The maximum atomic E-state index is 13.0. The van der Waals surface area contributed by atoms with Crippen LogP contribution in [0.25, 0.3) is 11.3 Å². The highest BCUT2D eigenvalue weighted by Gasteiger charge is 2.38. The number of nitrogens with two attached hydrogens (primary N) is 1. The molecule has 0 radical (unpaired) electrons. The number of amides is 2. The van der Waals surface area contributed by atoms with Gasteiger partial charge < -0.3 is 25.4 Å². The van der Waals surface area contributed by atoms with E-state index in [4.69, 9.17) is 25.0 Å². The minimum absolute atomic E-state index is 0.0469. The van der Waals surface area contributed by atoms with Gasteiger partial charge in [-0.25, -0.2) is 24.2 Å². The number of anilines is 1. The number of ether oxygens (including phenoxy) is 3. The molecule has 1 aliphatic rings. The molecule has 0 spiro atoms. The summed E-state index contributed by atoms with van der Waals surface area (Å²) < 4.78 is 17.2. The first-order chi connectivity index (χ1) is 19.0. The smallest absolute Gasteiger partial charge is 0.410 e. The van der Waals surface area contributed by atoms with Crippen LogP contribution in [0.2, 0.25) is 0 Å². The molecule has 3 N–H and O–H groups in total. The molecular weight excluding hydrogens is 516 g/mol. The van der Waals surface area contributed by atoms with Gasteiger partial charge in [-0.05, 0) is 58.7 Å². The highest BCUT2D eigenvalue weighted by atomic mass is 16.6. The van der Waals surface area contributed by atoms with Gasteiger partial charge in [0, 0.05) is 29.9 Å². The topological polar surface area (TPSA) is 151 Å². The van der Waals surface area contributed by atoms with Crippen molar-refractivity contribution in [3.63, 3.8) is 0 Å². The van der Waals surface area contributed by atoms with Crippen molar-refractivity contribution in [2.75, 3.05) is 31.4 Å². The first kappa shape index (κ1) is 28.4. The summed E-state index contributed by atoms with van der Waals surface area (Å²) in [6.07, 6.45) is 2.39. The molecule has 2 amide bonds. The van der Waals surface area contributed by atoms with Crippen LogP contribution in [0, 0.1) is 0 Å². The zero-order valence-corrected chi connectivity index (χ0v) is 23.3. The molecule has 3 aromatic rings. The number of benzene rings is 1. The van der Waals surface area contributed by atoms with E-state index in [1.54, 1.807) is 69.0 Å². The first-order valence-corrected chi connectivity index (χ1v) is 13.0. The van der Waals surface area contributed by atoms with E-state index in [1.165, 1.54) is 18.0 Å². The van der Waals surface area contributed by atoms with E-state index in [0.717, 1.165) is 6.42 Å². The molecule has 1 saturated heterocycles. The molecule has 0 saturated carbocycles. The van der Waals surface area contributed by atoms with Crippen LogP contribution in [0.1, 0.15) is 73.2 Å². The monoisotopic (exact) mass is 550 g/mol. The molecule has 0 aliphatic carbocycles. The van der Waals surface area contributed by atoms with Gasteiger partial charge in [-0.3, -0.25) is 9.69 Å². The van der Waals surface area contributed by atoms with E-state index in [2.05, 4.69) is 10.3 Å². The number of methoxy groups -OCH3 is 1. The number of nitrogens with one attached hydrogen (secondary N) is 1. The van der Waals surface area contributed by atoms with E-state index in [9.17, 15) is 14.4 Å². The zero-order valence-electron chi connectivity index (χ0n) is 23.3. The van der Waals surface area contributed by atoms with Crippen LogP contribution in [0.4, 0.5) is 10.6 Å². The molecule has 4 rings (SSSR count). The van der Waals surface area contributed by atoms with Crippen molar-refractivity contribution in [1.82, 2.24) is 19.5 Å². The van der Waals surface area contributed by atoms with E-state index in [-0.39, 0.29) is 23.9 Å². The Morgan fingerprint density at radius 3 is 2.52 bits per heavy atom. The Kier molecular flexibility index (Phi) is 8.26. The number of nitrogens with zero attached hydrogens (tertiary/aromatic N) is 4. The number of carbonyl (C=O) groups excluding carboxylic acids is 3. The number of carbonyl (C=O) groups is 3. The number of likely N-dealkylation sites (tertiary alicyclic amines) is 1. The second-order valence-corrected chi connectivity index (χ2v) is 10.2. The van der Waals surface area contributed by atoms with E-state index < -0.39 is 23.7 Å². The fraction of sp³-hybridized carbons (Fsp3) is 0.393. The lowest BCUT2D eigenvalue weighted by Gasteiger charge is -2.28. The normalized spacial score (nSPS) is 15.0. The molecule has 1 atom stereocenters. The fourth-order valence-corrected chi connectivity index (χ4v) is 4.43. The predicted octanol–water partition coefficient (Wildman–Crippen LogP) is 4.17. The Bertz CT molecular complexity index is 1400. The predicted molar refractivity (Wildman–Crippen MR) is 147 cm³/mol. The Balaban J connectivity index is 1.65. The molecule has 3 heterocycles. The first-order valence-electron chi connectivity index (χ1n) is 13.0. The van der Waals surface area contributed by atoms with Gasteiger partial charge in [0.2, 0.25) is 0 Å². The molecular formula is C28H34N6O6. The number of aromatic nitrogens is 3. The fourth-order valence-electron chi connectivity index (χ4n) is 4.43. The third-order valence-corrected chi connectivity index (χ3v) is 6.22. The molecule has 40 heavy (non-hydrogen) atoms. The van der Waals surface area contributed by atoms with Crippen molar-refractivity contribution in [1.29, 1.82) is 0 Å². The van der Waals surface area contributed by atoms with Crippen LogP contribution in [0.3, 0.4) is 0 Å². The molecule has 1 aromatic carbocycles. The number of pyridine rings is 1. The molecule has 1 aliphatic heterocycles. The Morgan fingerprint density at radius 1 is 1.15 bits per heavy atom. The Hall–Kier alpha value is -4.61. The minimum atomic E-state index is -0.666. The lowest BCUT2D eigenvalue weighted by molar-refractivity contribution is 0.0216. The van der Waals surface area contributed by atoms with Gasteiger partial charge >= 0.3 is 12.1 Å². The van der Waals surface area contributed by atoms with Gasteiger partial charge in [0.05, 0.1) is 19.8 Å². The number of rotatable bonds is 7. The van der Waals surface area contributed by atoms with Gasteiger partial charge in [-0.1, -0.05) is 12.1 Å². The largest absolute Gasteiger partial charge is 0.497 e. The van der Waals surface area contributed by atoms with Crippen molar-refractivity contribution in [2.24, 2.45) is 0 Å². The van der Waals surface area contributed by atoms with Crippen molar-refractivity contribution in [2.45, 2.75) is 52.2 Å². The zero-order chi connectivity index (χ0) is 29.0. The van der Waals surface area contributed by atoms with Crippen LogP contribution in [-0.4, -0.2) is 63.4 Å². The third-order valence-electron chi connectivity index (χ3n) is 6.22. The maximum Gasteiger partial charge on any atom is 0.410 e. The van der Waals surface area contributed by atoms with Crippen LogP contribution < -0.4 is 15.9 Å². The molecule has 12 nitrogen and oxygen atoms in total. The lowest BCUT2D eigenvalue weighted by Crippen LogP contribution is -2.37. The average molecular weight is 551 g/mol. The number of esters is 1. The number of hydrogen-bond acceptors (Lipinski definition) is 9. The second kappa shape index (κ2) is 11.6. The standard InChI is InChI=1S/C28H34N6O6/c1-6-39-26(36)23-22(32-24(34(23)29)20-8-7-15-33(20)27(37)40-28(2,3)4)17-9-11-18(12-10-17)25(35)31-21-16-19(38-5)13-14-30-21/h9-14,16,20H,6-8,15,29H2,1-5H3,(H,30,31,35)/t20-/m0/s1. The SMILES string of the molecule is CCOC(=O)c1c(-c2ccc(C(=O)Nc3cc(OC)ccn3)cc2)nc([C@@H]2CCCN2C(=O)OC(C)(C)C)n1N. The highest BCUT2D eigenvalue weighted by molar-refractivity contribution is 6.04. The van der Waals surface area contributed by atoms with Crippen molar-refractivity contribution in [3.05, 3.63) is 59.7 Å². The van der Waals surface area contributed by atoms with E-state index >= 15 is 0 Å². The van der Waals surface area contributed by atoms with Gasteiger partial charge in [0.15, 0.2) is 11.5 Å². The van der Waals surface area contributed by atoms with Gasteiger partial charge in [0.25, 0.3) is 5.91 Å². The Labute approximate surface area is 232 Å². The third kappa shape index (κ3) is 6.16.